The van der Waals surface area contributed by atoms with E-state index in [4.69, 9.17) is 5.11 Å². The molecule has 1 aromatic carbocycles. The molecular weight excluding hydrogens is 376 g/mol. The number of carbonyl (C=O) groups is 2. The van der Waals surface area contributed by atoms with Crippen LogP contribution in [0.5, 0.6) is 0 Å². The van der Waals surface area contributed by atoms with Crippen molar-refractivity contribution >= 4 is 39.0 Å². The van der Waals surface area contributed by atoms with Gasteiger partial charge in [0.15, 0.2) is 0 Å². The summed E-state index contributed by atoms with van der Waals surface area (Å²) in [5.74, 6) is 0.558. The molecule has 1 aliphatic rings. The van der Waals surface area contributed by atoms with Gasteiger partial charge in [0, 0.05) is 11.0 Å². The van der Waals surface area contributed by atoms with Gasteiger partial charge in [-0.3, -0.25) is 4.79 Å². The number of carbonyl (C=O) groups excluding carboxylic acids is 1. The Morgan fingerprint density at radius 1 is 1.54 bits per heavy atom. The summed E-state index contributed by atoms with van der Waals surface area (Å²) >= 11 is 3.44. The van der Waals surface area contributed by atoms with E-state index in [1.165, 1.54) is 0 Å². The van der Waals surface area contributed by atoms with Crippen LogP contribution in [-0.2, 0) is 4.79 Å². The Kier molecular flexibility index (Phi) is 4.75. The Bertz CT molecular complexity index is 776. The molecule has 2 unspecified atom stereocenters. The molecule has 2 atom stereocenters. The summed E-state index contributed by atoms with van der Waals surface area (Å²) in [6, 6.07) is 4.93. The summed E-state index contributed by atoms with van der Waals surface area (Å²) in [6.45, 7) is 2.41. The lowest BCUT2D eigenvalue weighted by Gasteiger charge is -2.27. The number of benzene rings is 1. The van der Waals surface area contributed by atoms with Crippen LogP contribution in [0.1, 0.15) is 38.1 Å². The third kappa shape index (κ3) is 3.24. The number of hydrogen-bond acceptors (Lipinski definition) is 3. The van der Waals surface area contributed by atoms with E-state index >= 15 is 0 Å². The lowest BCUT2D eigenvalue weighted by atomic mass is 10.1. The maximum Gasteiger partial charge on any atom is 0.405 e. The number of rotatable bonds is 4. The molecule has 0 saturated carbocycles. The minimum Gasteiger partial charge on any atom is -0.465 e. The average Bonchev–Trinajstić information content (AvgIpc) is 3.17. The first kappa shape index (κ1) is 16.8. The van der Waals surface area contributed by atoms with Crippen molar-refractivity contribution in [1.82, 2.24) is 20.2 Å². The van der Waals surface area contributed by atoms with Crippen molar-refractivity contribution in [2.75, 3.05) is 6.54 Å². The van der Waals surface area contributed by atoms with Gasteiger partial charge in [0.05, 0.1) is 17.1 Å². The highest BCUT2D eigenvalue weighted by Gasteiger charge is 2.35. The standard InChI is InChI=1S/C16H19BrN4O3/c1-2-10(20-16(23)24)15(22)21-7-3-4-13(21)14-18-11-6-5-9(17)8-12(11)19-14/h5-6,8,10,13,20H,2-4,7H2,1H3,(H,18,19)(H,23,24). The van der Waals surface area contributed by atoms with E-state index in [9.17, 15) is 9.59 Å². The molecule has 3 N–H and O–H groups in total. The largest absolute Gasteiger partial charge is 0.465 e. The fourth-order valence-corrected chi connectivity index (χ4v) is 3.52. The first-order chi connectivity index (χ1) is 11.5. The lowest BCUT2D eigenvalue weighted by Crippen LogP contribution is -2.47. The monoisotopic (exact) mass is 394 g/mol. The Hall–Kier alpha value is -2.09. The summed E-state index contributed by atoms with van der Waals surface area (Å²) in [4.78, 5) is 33.2. The molecule has 0 spiro atoms. The predicted molar refractivity (Wildman–Crippen MR) is 92.7 cm³/mol. The summed E-state index contributed by atoms with van der Waals surface area (Å²) in [5.41, 5.74) is 1.76. The molecule has 0 aliphatic carbocycles. The third-order valence-corrected chi connectivity index (χ3v) is 4.81. The third-order valence-electron chi connectivity index (χ3n) is 4.32. The fourth-order valence-electron chi connectivity index (χ4n) is 3.16. The van der Waals surface area contributed by atoms with Gasteiger partial charge in [-0.2, -0.15) is 0 Å². The zero-order valence-electron chi connectivity index (χ0n) is 13.3. The molecule has 8 heteroatoms. The van der Waals surface area contributed by atoms with Crippen molar-refractivity contribution in [1.29, 1.82) is 0 Å². The van der Waals surface area contributed by atoms with Crippen molar-refractivity contribution in [2.24, 2.45) is 0 Å². The topological polar surface area (TPSA) is 98.3 Å². The van der Waals surface area contributed by atoms with Crippen molar-refractivity contribution in [3.63, 3.8) is 0 Å². The van der Waals surface area contributed by atoms with E-state index in [-0.39, 0.29) is 11.9 Å². The van der Waals surface area contributed by atoms with Gasteiger partial charge >= 0.3 is 6.09 Å². The second-order valence-corrected chi connectivity index (χ2v) is 6.80. The van der Waals surface area contributed by atoms with Crippen LogP contribution in [0.4, 0.5) is 4.79 Å². The minimum atomic E-state index is -1.18. The van der Waals surface area contributed by atoms with Crippen LogP contribution in [0, 0.1) is 0 Å². The summed E-state index contributed by atoms with van der Waals surface area (Å²) in [7, 11) is 0. The molecule has 128 valence electrons. The van der Waals surface area contributed by atoms with E-state index in [2.05, 4.69) is 31.2 Å². The van der Waals surface area contributed by atoms with Gasteiger partial charge in [-0.05, 0) is 37.5 Å². The Morgan fingerprint density at radius 3 is 3.04 bits per heavy atom. The van der Waals surface area contributed by atoms with Crippen LogP contribution < -0.4 is 5.32 Å². The van der Waals surface area contributed by atoms with Crippen molar-refractivity contribution < 1.29 is 14.7 Å². The molecule has 1 aliphatic heterocycles. The normalized spacial score (nSPS) is 18.8. The lowest BCUT2D eigenvalue weighted by molar-refractivity contribution is -0.134. The molecule has 0 radical (unpaired) electrons. The van der Waals surface area contributed by atoms with Crippen molar-refractivity contribution in [3.8, 4) is 0 Å². The van der Waals surface area contributed by atoms with Gasteiger partial charge in [-0.25, -0.2) is 9.78 Å². The minimum absolute atomic E-state index is 0.145. The number of aromatic amines is 1. The number of hydrogen-bond donors (Lipinski definition) is 3. The Labute approximate surface area is 147 Å². The van der Waals surface area contributed by atoms with Crippen LogP contribution in [0.25, 0.3) is 11.0 Å². The van der Waals surface area contributed by atoms with E-state index in [0.29, 0.717) is 13.0 Å². The molecule has 0 bridgehead atoms. The number of amides is 2. The number of halogens is 1. The number of likely N-dealkylation sites (tertiary alicyclic amines) is 1. The first-order valence-corrected chi connectivity index (χ1v) is 8.74. The fraction of sp³-hybridized carbons (Fsp3) is 0.438. The molecular formula is C16H19BrN4O3. The first-order valence-electron chi connectivity index (χ1n) is 7.94. The van der Waals surface area contributed by atoms with Crippen molar-refractivity contribution in [3.05, 3.63) is 28.5 Å². The second-order valence-electron chi connectivity index (χ2n) is 5.88. The predicted octanol–water partition coefficient (Wildman–Crippen LogP) is 3.04. The Balaban J connectivity index is 1.86. The van der Waals surface area contributed by atoms with E-state index in [0.717, 1.165) is 34.2 Å². The summed E-state index contributed by atoms with van der Waals surface area (Å²) in [6.07, 6.45) is 0.928. The van der Waals surface area contributed by atoms with Crippen LogP contribution in [-0.4, -0.2) is 44.6 Å². The van der Waals surface area contributed by atoms with Gasteiger partial charge < -0.3 is 20.3 Å². The van der Waals surface area contributed by atoms with E-state index in [1.807, 2.05) is 18.2 Å². The zero-order chi connectivity index (χ0) is 17.3. The number of nitrogens with one attached hydrogen (secondary N) is 2. The van der Waals surface area contributed by atoms with E-state index < -0.39 is 12.1 Å². The average molecular weight is 395 g/mol. The SMILES string of the molecule is CCC(NC(=O)O)C(=O)N1CCCC1c1nc2ccc(Br)cc2[nH]1. The van der Waals surface area contributed by atoms with Gasteiger partial charge in [0.25, 0.3) is 0 Å². The molecule has 2 heterocycles. The van der Waals surface area contributed by atoms with Gasteiger partial charge in [-0.15, -0.1) is 0 Å². The molecule has 2 amide bonds. The quantitative estimate of drug-likeness (QED) is 0.741. The van der Waals surface area contributed by atoms with Crippen LogP contribution in [0.3, 0.4) is 0 Å². The van der Waals surface area contributed by atoms with Crippen molar-refractivity contribution in [2.45, 2.75) is 38.3 Å². The number of nitrogens with zero attached hydrogens (tertiary/aromatic N) is 2. The zero-order valence-corrected chi connectivity index (χ0v) is 14.8. The highest BCUT2D eigenvalue weighted by atomic mass is 79.9. The summed E-state index contributed by atoms with van der Waals surface area (Å²) < 4.78 is 0.959. The van der Waals surface area contributed by atoms with Gasteiger partial charge in [-0.1, -0.05) is 22.9 Å². The maximum atomic E-state index is 12.7. The van der Waals surface area contributed by atoms with E-state index in [1.54, 1.807) is 11.8 Å². The number of H-pyrrole nitrogens is 1. The summed E-state index contributed by atoms with van der Waals surface area (Å²) in [5, 5.41) is 11.2. The molecule has 7 nitrogen and oxygen atoms in total. The highest BCUT2D eigenvalue weighted by Crippen LogP contribution is 2.32. The van der Waals surface area contributed by atoms with Gasteiger partial charge in [0.1, 0.15) is 11.9 Å². The number of fused-ring (bicyclic) bond motifs is 1. The van der Waals surface area contributed by atoms with Gasteiger partial charge in [0.2, 0.25) is 5.91 Å². The van der Waals surface area contributed by atoms with Crippen LogP contribution in [0.15, 0.2) is 22.7 Å². The highest BCUT2D eigenvalue weighted by molar-refractivity contribution is 9.10. The molecule has 2 aromatic rings. The molecule has 24 heavy (non-hydrogen) atoms. The molecule has 1 aromatic heterocycles. The number of aromatic nitrogens is 2. The van der Waals surface area contributed by atoms with Crippen LogP contribution >= 0.6 is 15.9 Å². The Morgan fingerprint density at radius 2 is 2.33 bits per heavy atom. The molecule has 3 rings (SSSR count). The maximum absolute atomic E-state index is 12.7. The molecule has 1 fully saturated rings. The number of imidazole rings is 1. The second kappa shape index (κ2) is 6.80. The smallest absolute Gasteiger partial charge is 0.405 e. The number of carboxylic acid groups (broad SMARTS) is 1. The molecule has 1 saturated heterocycles. The van der Waals surface area contributed by atoms with Crippen LogP contribution in [0.2, 0.25) is 0 Å².